The number of carbonyl (C=O) groups excluding carboxylic acids is 3. The van der Waals surface area contributed by atoms with Crippen molar-refractivity contribution in [3.05, 3.63) is 29.8 Å². The molecule has 0 spiro atoms. The lowest BCUT2D eigenvalue weighted by atomic mass is 9.83. The predicted octanol–water partition coefficient (Wildman–Crippen LogP) is 2.84. The molecule has 1 fully saturated rings. The molecule has 1 N–H and O–H groups in total. The maximum atomic E-state index is 13.0. The summed E-state index contributed by atoms with van der Waals surface area (Å²) < 4.78 is 10.6. The molecule has 2 rings (SSSR count). The zero-order valence-electron chi connectivity index (χ0n) is 17.8. The second kappa shape index (κ2) is 10.8. The molecule has 7 nitrogen and oxygen atoms in total. The minimum absolute atomic E-state index is 0.0395. The Hall–Kier alpha value is -2.57. The van der Waals surface area contributed by atoms with Crippen LogP contribution in [-0.2, 0) is 19.1 Å². The average molecular weight is 405 g/mol. The first-order valence-corrected chi connectivity index (χ1v) is 10.3. The molecule has 0 radical (unpaired) electrons. The van der Waals surface area contributed by atoms with Gasteiger partial charge >= 0.3 is 5.97 Å². The Balaban J connectivity index is 2.28. The summed E-state index contributed by atoms with van der Waals surface area (Å²) in [4.78, 5) is 39.3. The van der Waals surface area contributed by atoms with Crippen molar-refractivity contribution in [2.45, 2.75) is 58.6 Å². The first-order valence-electron chi connectivity index (χ1n) is 10.3. The summed E-state index contributed by atoms with van der Waals surface area (Å²) in [5, 5.41) is 2.69. The lowest BCUT2D eigenvalue weighted by Crippen LogP contribution is -2.49. The molecule has 0 saturated carbocycles. The molecule has 1 saturated heterocycles. The van der Waals surface area contributed by atoms with Crippen LogP contribution >= 0.6 is 0 Å². The quantitative estimate of drug-likeness (QED) is 0.640. The summed E-state index contributed by atoms with van der Waals surface area (Å²) in [5.41, 5.74) is 0.809. The average Bonchev–Trinajstić information content (AvgIpc) is 2.70. The van der Waals surface area contributed by atoms with Crippen LogP contribution in [0.2, 0.25) is 0 Å². The van der Waals surface area contributed by atoms with Crippen LogP contribution < -0.4 is 10.1 Å². The largest absolute Gasteiger partial charge is 0.496 e. The minimum Gasteiger partial charge on any atom is -0.496 e. The van der Waals surface area contributed by atoms with Crippen molar-refractivity contribution in [2.75, 3.05) is 20.2 Å². The second-order valence-electron chi connectivity index (χ2n) is 7.53. The molecule has 1 aliphatic rings. The fourth-order valence-electron chi connectivity index (χ4n) is 3.71. The Bertz CT molecular complexity index is 719. The summed E-state index contributed by atoms with van der Waals surface area (Å²) in [6.45, 7) is 5.98. The first kappa shape index (κ1) is 22.7. The fourth-order valence-corrected chi connectivity index (χ4v) is 3.71. The molecule has 2 amide bonds. The van der Waals surface area contributed by atoms with Gasteiger partial charge in [-0.1, -0.05) is 31.5 Å². The molecule has 7 heteroatoms. The molecule has 0 aromatic heterocycles. The van der Waals surface area contributed by atoms with Gasteiger partial charge in [-0.3, -0.25) is 14.4 Å². The highest BCUT2D eigenvalue weighted by Crippen LogP contribution is 2.40. The van der Waals surface area contributed by atoms with Crippen molar-refractivity contribution >= 4 is 17.8 Å². The van der Waals surface area contributed by atoms with Crippen LogP contribution in [0.3, 0.4) is 0 Å². The normalized spacial score (nSPS) is 19.2. The van der Waals surface area contributed by atoms with Gasteiger partial charge in [-0.05, 0) is 32.8 Å². The van der Waals surface area contributed by atoms with E-state index in [9.17, 15) is 14.4 Å². The predicted molar refractivity (Wildman–Crippen MR) is 109 cm³/mol. The number of nitrogens with zero attached hydrogens (tertiary/aromatic N) is 1. The number of unbranched alkanes of at least 4 members (excludes halogenated alkanes) is 1. The highest BCUT2D eigenvalue weighted by Gasteiger charge is 2.41. The Morgan fingerprint density at radius 3 is 2.66 bits per heavy atom. The van der Waals surface area contributed by atoms with E-state index in [2.05, 4.69) is 12.2 Å². The molecular weight excluding hydrogens is 372 g/mol. The number of hydrogen-bond acceptors (Lipinski definition) is 5. The highest BCUT2D eigenvalue weighted by atomic mass is 16.5. The number of para-hydroxylation sites is 1. The van der Waals surface area contributed by atoms with E-state index < -0.39 is 17.9 Å². The van der Waals surface area contributed by atoms with Gasteiger partial charge in [0.25, 0.3) is 0 Å². The number of hydrogen-bond donors (Lipinski definition) is 1. The molecule has 1 aliphatic heterocycles. The number of methoxy groups -OCH3 is 1. The molecule has 1 aromatic carbocycles. The lowest BCUT2D eigenvalue weighted by molar-refractivity contribution is -0.149. The second-order valence-corrected chi connectivity index (χ2v) is 7.53. The SMILES string of the molecule is CCCCN1C(=O)CCC(C(=O)NCC(=O)OC(C)C)C1c1ccccc1OC. The Kier molecular flexibility index (Phi) is 8.49. The van der Waals surface area contributed by atoms with Gasteiger partial charge in [-0.2, -0.15) is 0 Å². The van der Waals surface area contributed by atoms with E-state index in [1.54, 1.807) is 25.9 Å². The van der Waals surface area contributed by atoms with E-state index >= 15 is 0 Å². The number of esters is 1. The maximum absolute atomic E-state index is 13.0. The zero-order chi connectivity index (χ0) is 21.4. The van der Waals surface area contributed by atoms with Gasteiger partial charge in [-0.25, -0.2) is 0 Å². The lowest BCUT2D eigenvalue weighted by Gasteiger charge is -2.41. The van der Waals surface area contributed by atoms with Crippen LogP contribution in [0.15, 0.2) is 24.3 Å². The third kappa shape index (κ3) is 5.95. The van der Waals surface area contributed by atoms with Crippen molar-refractivity contribution in [1.82, 2.24) is 10.2 Å². The Morgan fingerprint density at radius 1 is 1.28 bits per heavy atom. The molecule has 160 valence electrons. The molecular formula is C22H32N2O5. The number of amides is 2. The number of ether oxygens (including phenoxy) is 2. The Morgan fingerprint density at radius 2 is 2.00 bits per heavy atom. The standard InChI is InChI=1S/C22H32N2O5/c1-5-6-13-24-19(25)12-11-17(22(27)23-14-20(26)29-15(2)3)21(24)16-9-7-8-10-18(16)28-4/h7-10,15,17,21H,5-6,11-14H2,1-4H3,(H,23,27). The number of piperidine rings is 1. The molecule has 0 bridgehead atoms. The molecule has 2 unspecified atom stereocenters. The number of nitrogens with one attached hydrogen (secondary N) is 1. The van der Waals surface area contributed by atoms with Crippen LogP contribution in [0, 0.1) is 5.92 Å². The van der Waals surface area contributed by atoms with Gasteiger partial charge in [0.05, 0.1) is 25.2 Å². The summed E-state index contributed by atoms with van der Waals surface area (Å²) in [5.74, 6) is -0.511. The van der Waals surface area contributed by atoms with Crippen molar-refractivity contribution in [2.24, 2.45) is 5.92 Å². The van der Waals surface area contributed by atoms with Crippen LogP contribution in [0.5, 0.6) is 5.75 Å². The number of benzene rings is 1. The summed E-state index contributed by atoms with van der Waals surface area (Å²) in [7, 11) is 1.58. The monoisotopic (exact) mass is 404 g/mol. The Labute approximate surface area is 172 Å². The van der Waals surface area contributed by atoms with Gasteiger partial charge in [-0.15, -0.1) is 0 Å². The topological polar surface area (TPSA) is 84.9 Å². The zero-order valence-corrected chi connectivity index (χ0v) is 17.8. The van der Waals surface area contributed by atoms with Gasteiger partial charge in [0, 0.05) is 18.5 Å². The van der Waals surface area contributed by atoms with E-state index in [-0.39, 0.29) is 24.5 Å². The van der Waals surface area contributed by atoms with Crippen molar-refractivity contribution in [1.29, 1.82) is 0 Å². The van der Waals surface area contributed by atoms with E-state index in [1.165, 1.54) is 0 Å². The van der Waals surface area contributed by atoms with E-state index in [0.29, 0.717) is 25.1 Å². The number of likely N-dealkylation sites (tertiary alicyclic amines) is 1. The summed E-state index contributed by atoms with van der Waals surface area (Å²) >= 11 is 0. The van der Waals surface area contributed by atoms with Crippen molar-refractivity contribution in [3.63, 3.8) is 0 Å². The molecule has 2 atom stereocenters. The van der Waals surface area contributed by atoms with Crippen LogP contribution in [0.1, 0.15) is 58.1 Å². The van der Waals surface area contributed by atoms with Crippen LogP contribution in [0.4, 0.5) is 0 Å². The molecule has 29 heavy (non-hydrogen) atoms. The van der Waals surface area contributed by atoms with Gasteiger partial charge < -0.3 is 19.7 Å². The summed E-state index contributed by atoms with van der Waals surface area (Å²) in [6, 6.07) is 7.04. The summed E-state index contributed by atoms with van der Waals surface area (Å²) in [6.07, 6.45) is 2.30. The smallest absolute Gasteiger partial charge is 0.325 e. The third-order valence-corrected chi connectivity index (χ3v) is 5.03. The highest BCUT2D eigenvalue weighted by molar-refractivity contribution is 5.87. The molecule has 1 aromatic rings. The van der Waals surface area contributed by atoms with Crippen molar-refractivity contribution in [3.8, 4) is 5.75 Å². The minimum atomic E-state index is -0.475. The van der Waals surface area contributed by atoms with E-state index in [0.717, 1.165) is 18.4 Å². The van der Waals surface area contributed by atoms with Gasteiger partial charge in [0.1, 0.15) is 12.3 Å². The molecule has 1 heterocycles. The first-order chi connectivity index (χ1) is 13.9. The van der Waals surface area contributed by atoms with Crippen LogP contribution in [-0.4, -0.2) is 49.0 Å². The van der Waals surface area contributed by atoms with Gasteiger partial charge in [0.15, 0.2) is 0 Å². The number of carbonyl (C=O) groups is 3. The third-order valence-electron chi connectivity index (χ3n) is 5.03. The van der Waals surface area contributed by atoms with E-state index in [1.807, 2.05) is 24.3 Å². The maximum Gasteiger partial charge on any atom is 0.325 e. The van der Waals surface area contributed by atoms with Crippen LogP contribution in [0.25, 0.3) is 0 Å². The fraction of sp³-hybridized carbons (Fsp3) is 0.591. The van der Waals surface area contributed by atoms with E-state index in [4.69, 9.17) is 9.47 Å². The van der Waals surface area contributed by atoms with Crippen molar-refractivity contribution < 1.29 is 23.9 Å². The number of rotatable bonds is 9. The molecule has 0 aliphatic carbocycles. The van der Waals surface area contributed by atoms with Gasteiger partial charge in [0.2, 0.25) is 11.8 Å².